The molecule has 1 aliphatic heterocycles. The number of benzene rings is 2. The van der Waals surface area contributed by atoms with Crippen LogP contribution < -0.4 is 4.90 Å². The lowest BCUT2D eigenvalue weighted by molar-refractivity contribution is -0.135. The predicted molar refractivity (Wildman–Crippen MR) is 111 cm³/mol. The summed E-state index contributed by atoms with van der Waals surface area (Å²) in [6.45, 7) is 0.158. The standard InChI is InChI=1S/C22H19ClN2O5/c23-16-6-8-17(9-7-16)25-20(27)14-18(22(25)30)24(19(26)10-11-21(28)29)13-12-15-4-2-1-3-5-15/h1-11,18H,12-14H2,(H,28,29)/b11-10+. The van der Waals surface area contributed by atoms with Crippen molar-refractivity contribution >= 4 is 41.0 Å². The summed E-state index contributed by atoms with van der Waals surface area (Å²) in [5.74, 6) is -2.89. The maximum atomic E-state index is 13.0. The van der Waals surface area contributed by atoms with E-state index in [9.17, 15) is 19.2 Å². The number of carbonyl (C=O) groups is 4. The zero-order chi connectivity index (χ0) is 21.7. The second-order valence-electron chi connectivity index (χ2n) is 6.70. The molecule has 1 atom stereocenters. The topological polar surface area (TPSA) is 95.0 Å². The van der Waals surface area contributed by atoms with E-state index in [0.29, 0.717) is 17.1 Å². The fourth-order valence-electron chi connectivity index (χ4n) is 3.27. The highest BCUT2D eigenvalue weighted by molar-refractivity contribution is 6.31. The van der Waals surface area contributed by atoms with E-state index in [1.165, 1.54) is 4.90 Å². The molecule has 3 rings (SSSR count). The van der Waals surface area contributed by atoms with Crippen LogP contribution in [0.2, 0.25) is 5.02 Å². The third-order valence-corrected chi connectivity index (χ3v) is 4.97. The maximum Gasteiger partial charge on any atom is 0.328 e. The molecule has 0 bridgehead atoms. The largest absolute Gasteiger partial charge is 0.478 e. The highest BCUT2D eigenvalue weighted by Crippen LogP contribution is 2.27. The smallest absolute Gasteiger partial charge is 0.328 e. The monoisotopic (exact) mass is 426 g/mol. The molecule has 0 aromatic heterocycles. The molecule has 2 aromatic rings. The molecule has 8 heteroatoms. The summed E-state index contributed by atoms with van der Waals surface area (Å²) < 4.78 is 0. The van der Waals surface area contributed by atoms with Gasteiger partial charge in [-0.05, 0) is 36.2 Å². The highest BCUT2D eigenvalue weighted by atomic mass is 35.5. The van der Waals surface area contributed by atoms with E-state index < -0.39 is 29.7 Å². The first kappa shape index (κ1) is 21.3. The molecule has 1 heterocycles. The van der Waals surface area contributed by atoms with Crippen molar-refractivity contribution in [1.29, 1.82) is 0 Å². The van der Waals surface area contributed by atoms with Gasteiger partial charge in [0.2, 0.25) is 11.8 Å². The molecule has 3 amide bonds. The van der Waals surface area contributed by atoms with E-state index in [-0.39, 0.29) is 13.0 Å². The lowest BCUT2D eigenvalue weighted by Crippen LogP contribution is -2.45. The van der Waals surface area contributed by atoms with Crippen molar-refractivity contribution in [2.24, 2.45) is 0 Å². The second kappa shape index (κ2) is 9.37. The van der Waals surface area contributed by atoms with Crippen molar-refractivity contribution in [2.75, 3.05) is 11.4 Å². The van der Waals surface area contributed by atoms with Gasteiger partial charge in [-0.2, -0.15) is 0 Å². The van der Waals surface area contributed by atoms with E-state index in [4.69, 9.17) is 16.7 Å². The molecule has 0 radical (unpaired) electrons. The second-order valence-corrected chi connectivity index (χ2v) is 7.14. The Morgan fingerprint density at radius 1 is 1.07 bits per heavy atom. The predicted octanol–water partition coefficient (Wildman–Crippen LogP) is 2.68. The minimum atomic E-state index is -1.28. The van der Waals surface area contributed by atoms with Gasteiger partial charge in [-0.15, -0.1) is 0 Å². The summed E-state index contributed by atoms with van der Waals surface area (Å²) in [5, 5.41) is 9.29. The van der Waals surface area contributed by atoms with Gasteiger partial charge < -0.3 is 10.0 Å². The van der Waals surface area contributed by atoms with Crippen LogP contribution in [0, 0.1) is 0 Å². The molecule has 1 N–H and O–H groups in total. The van der Waals surface area contributed by atoms with E-state index in [2.05, 4.69) is 0 Å². The van der Waals surface area contributed by atoms with Gasteiger partial charge in [-0.1, -0.05) is 41.9 Å². The Balaban J connectivity index is 1.85. The number of carboxylic acid groups (broad SMARTS) is 1. The Labute approximate surface area is 178 Å². The molecular weight excluding hydrogens is 408 g/mol. The molecule has 1 aliphatic rings. The SMILES string of the molecule is O=C(O)/C=C/C(=O)N(CCc1ccccc1)C1CC(=O)N(c2ccc(Cl)cc2)C1=O. The number of carboxylic acids is 1. The van der Waals surface area contributed by atoms with Gasteiger partial charge in [-0.3, -0.25) is 14.4 Å². The minimum absolute atomic E-state index is 0.158. The number of rotatable bonds is 7. The van der Waals surface area contributed by atoms with Crippen molar-refractivity contribution in [3.63, 3.8) is 0 Å². The number of carbonyl (C=O) groups excluding carboxylic acids is 3. The molecule has 0 spiro atoms. The summed E-state index contributed by atoms with van der Waals surface area (Å²) in [6, 6.07) is 14.6. The highest BCUT2D eigenvalue weighted by Gasteiger charge is 2.43. The number of hydrogen-bond acceptors (Lipinski definition) is 4. The number of aliphatic carboxylic acids is 1. The number of anilines is 1. The lowest BCUT2D eigenvalue weighted by atomic mass is 10.1. The molecule has 0 saturated carbocycles. The van der Waals surface area contributed by atoms with E-state index in [1.54, 1.807) is 24.3 Å². The lowest BCUT2D eigenvalue weighted by Gasteiger charge is -2.26. The van der Waals surface area contributed by atoms with Crippen LogP contribution >= 0.6 is 11.6 Å². The van der Waals surface area contributed by atoms with Crippen molar-refractivity contribution in [3.05, 3.63) is 77.3 Å². The normalized spacial score (nSPS) is 16.3. The van der Waals surface area contributed by atoms with Crippen LogP contribution in [0.4, 0.5) is 5.69 Å². The fraction of sp³-hybridized carbons (Fsp3) is 0.182. The summed E-state index contributed by atoms with van der Waals surface area (Å²) in [7, 11) is 0. The van der Waals surface area contributed by atoms with Gasteiger partial charge in [0.05, 0.1) is 12.1 Å². The Hall–Kier alpha value is -3.45. The number of nitrogens with zero attached hydrogens (tertiary/aromatic N) is 2. The molecule has 1 saturated heterocycles. The summed E-state index contributed by atoms with van der Waals surface area (Å²) >= 11 is 5.87. The Morgan fingerprint density at radius 3 is 2.37 bits per heavy atom. The molecule has 154 valence electrons. The average molecular weight is 427 g/mol. The van der Waals surface area contributed by atoms with Crippen LogP contribution in [-0.4, -0.2) is 46.3 Å². The quantitative estimate of drug-likeness (QED) is 0.542. The van der Waals surface area contributed by atoms with E-state index in [1.807, 2.05) is 30.3 Å². The third-order valence-electron chi connectivity index (χ3n) is 4.72. The molecule has 2 aromatic carbocycles. The van der Waals surface area contributed by atoms with Crippen LogP contribution in [0.3, 0.4) is 0 Å². The maximum absolute atomic E-state index is 13.0. The minimum Gasteiger partial charge on any atom is -0.478 e. The number of amides is 3. The first-order valence-corrected chi connectivity index (χ1v) is 9.62. The third kappa shape index (κ3) is 4.93. The number of imide groups is 1. The van der Waals surface area contributed by atoms with Crippen LogP contribution in [0.25, 0.3) is 0 Å². The van der Waals surface area contributed by atoms with Gasteiger partial charge in [0.25, 0.3) is 5.91 Å². The summed E-state index contributed by atoms with van der Waals surface area (Å²) in [5.41, 5.74) is 1.32. The van der Waals surface area contributed by atoms with Gasteiger partial charge in [-0.25, -0.2) is 9.69 Å². The Morgan fingerprint density at radius 2 is 1.73 bits per heavy atom. The molecule has 7 nitrogen and oxygen atoms in total. The average Bonchev–Trinajstić information content (AvgIpc) is 3.02. The Bertz CT molecular complexity index is 988. The van der Waals surface area contributed by atoms with Crippen molar-refractivity contribution in [2.45, 2.75) is 18.9 Å². The van der Waals surface area contributed by atoms with E-state index >= 15 is 0 Å². The fourth-order valence-corrected chi connectivity index (χ4v) is 3.40. The summed E-state index contributed by atoms with van der Waals surface area (Å²) in [6.07, 6.45) is 1.89. The van der Waals surface area contributed by atoms with Gasteiger partial charge in [0.15, 0.2) is 0 Å². The molecule has 30 heavy (non-hydrogen) atoms. The van der Waals surface area contributed by atoms with Crippen LogP contribution in [0.1, 0.15) is 12.0 Å². The van der Waals surface area contributed by atoms with Gasteiger partial charge in [0.1, 0.15) is 6.04 Å². The van der Waals surface area contributed by atoms with Gasteiger partial charge in [0, 0.05) is 23.7 Å². The first-order chi connectivity index (χ1) is 14.4. The van der Waals surface area contributed by atoms with Crippen LogP contribution in [-0.2, 0) is 25.6 Å². The van der Waals surface area contributed by atoms with Crippen molar-refractivity contribution in [1.82, 2.24) is 4.90 Å². The zero-order valence-corrected chi connectivity index (χ0v) is 16.7. The zero-order valence-electron chi connectivity index (χ0n) is 15.9. The molecule has 1 fully saturated rings. The molecule has 0 aliphatic carbocycles. The number of hydrogen-bond donors (Lipinski definition) is 1. The van der Waals surface area contributed by atoms with Crippen molar-refractivity contribution in [3.8, 4) is 0 Å². The van der Waals surface area contributed by atoms with Crippen LogP contribution in [0.5, 0.6) is 0 Å². The summed E-state index contributed by atoms with van der Waals surface area (Å²) in [4.78, 5) is 51.4. The van der Waals surface area contributed by atoms with E-state index in [0.717, 1.165) is 22.6 Å². The van der Waals surface area contributed by atoms with Gasteiger partial charge >= 0.3 is 5.97 Å². The number of halogens is 1. The molecular formula is C22H19ClN2O5. The Kier molecular flexibility index (Phi) is 6.64. The van der Waals surface area contributed by atoms with Crippen LogP contribution in [0.15, 0.2) is 66.7 Å². The molecule has 1 unspecified atom stereocenters. The first-order valence-electron chi connectivity index (χ1n) is 9.24. The van der Waals surface area contributed by atoms with Crippen molar-refractivity contribution < 1.29 is 24.3 Å².